The van der Waals surface area contributed by atoms with Gasteiger partial charge in [-0.15, -0.1) is 0 Å². The molecule has 0 amide bonds. The van der Waals surface area contributed by atoms with Crippen LogP contribution in [0.15, 0.2) is 66.7 Å². The highest BCUT2D eigenvalue weighted by atomic mass is 35.5. The first-order valence-corrected chi connectivity index (χ1v) is 11.1. The van der Waals surface area contributed by atoms with Crippen LogP contribution in [0.3, 0.4) is 0 Å². The van der Waals surface area contributed by atoms with Crippen LogP contribution in [0, 0.1) is 6.42 Å². The van der Waals surface area contributed by atoms with Crippen LogP contribution in [0.25, 0.3) is 11.1 Å². The average molecular weight is 419 g/mol. The van der Waals surface area contributed by atoms with E-state index in [4.69, 9.17) is 16.3 Å². The molecule has 3 aromatic rings. The second kappa shape index (κ2) is 9.57. The molecule has 0 N–H and O–H groups in total. The maximum absolute atomic E-state index is 6.20. The number of halogens is 1. The van der Waals surface area contributed by atoms with E-state index in [1.165, 1.54) is 36.8 Å². The molecule has 1 aliphatic rings. The van der Waals surface area contributed by atoms with E-state index >= 15 is 0 Å². The van der Waals surface area contributed by atoms with E-state index in [-0.39, 0.29) is 0 Å². The number of ether oxygens (including phenoxy) is 1. The molecule has 0 bridgehead atoms. The average Bonchev–Trinajstić information content (AvgIpc) is 2.79. The lowest BCUT2D eigenvalue weighted by atomic mass is 9.84. The normalized spacial score (nSPS) is 14.5. The first kappa shape index (κ1) is 20.8. The Morgan fingerprint density at radius 3 is 2.37 bits per heavy atom. The predicted octanol–water partition coefficient (Wildman–Crippen LogP) is 7.51. The van der Waals surface area contributed by atoms with Gasteiger partial charge < -0.3 is 9.64 Å². The molecule has 4 rings (SSSR count). The molecular weight excluding hydrogens is 390 g/mol. The zero-order chi connectivity index (χ0) is 20.9. The fourth-order valence-corrected chi connectivity index (χ4v) is 4.24. The van der Waals surface area contributed by atoms with Crippen molar-refractivity contribution in [2.75, 3.05) is 19.0 Å². The fraction of sp³-hybridized carbons (Fsp3) is 0.296. The largest absolute Gasteiger partial charge is 0.489 e. The van der Waals surface area contributed by atoms with E-state index in [0.29, 0.717) is 12.5 Å². The number of rotatable bonds is 6. The molecule has 3 heteroatoms. The van der Waals surface area contributed by atoms with Crippen LogP contribution in [-0.2, 0) is 6.61 Å². The van der Waals surface area contributed by atoms with Gasteiger partial charge in [0.25, 0.3) is 0 Å². The van der Waals surface area contributed by atoms with Gasteiger partial charge >= 0.3 is 0 Å². The van der Waals surface area contributed by atoms with Crippen LogP contribution in [0.4, 0.5) is 5.69 Å². The molecule has 0 saturated heterocycles. The van der Waals surface area contributed by atoms with Gasteiger partial charge in [-0.25, -0.2) is 0 Å². The highest BCUT2D eigenvalue weighted by Gasteiger charge is 2.15. The molecule has 1 fully saturated rings. The first-order valence-electron chi connectivity index (χ1n) is 10.7. The number of nitrogens with zero attached hydrogens (tertiary/aromatic N) is 1. The molecular formula is C27H29ClNO. The van der Waals surface area contributed by atoms with Crippen LogP contribution in [0.2, 0.25) is 5.02 Å². The summed E-state index contributed by atoms with van der Waals surface area (Å²) in [7, 11) is 4.12. The van der Waals surface area contributed by atoms with Crippen molar-refractivity contribution in [3.05, 3.63) is 89.3 Å². The van der Waals surface area contributed by atoms with Gasteiger partial charge in [0.05, 0.1) is 0 Å². The SMILES string of the molecule is CN(C)c1ccc(-c2ccc(Cl)cc2)c(COc2ccc(C3[CH]CCCC3)cc2)c1. The van der Waals surface area contributed by atoms with Gasteiger partial charge in [0.15, 0.2) is 0 Å². The van der Waals surface area contributed by atoms with Crippen molar-refractivity contribution >= 4 is 17.3 Å². The minimum atomic E-state index is 0.522. The third-order valence-corrected chi connectivity index (χ3v) is 6.14. The molecule has 0 heterocycles. The molecule has 1 atom stereocenters. The lowest BCUT2D eigenvalue weighted by Gasteiger charge is -2.22. The van der Waals surface area contributed by atoms with Gasteiger partial charge in [0.1, 0.15) is 12.4 Å². The maximum atomic E-state index is 6.20. The van der Waals surface area contributed by atoms with Gasteiger partial charge in [-0.2, -0.15) is 0 Å². The highest BCUT2D eigenvalue weighted by molar-refractivity contribution is 6.30. The van der Waals surface area contributed by atoms with Gasteiger partial charge in [0, 0.05) is 24.8 Å². The van der Waals surface area contributed by atoms with Crippen molar-refractivity contribution < 1.29 is 4.74 Å². The van der Waals surface area contributed by atoms with Gasteiger partial charge in [-0.1, -0.05) is 54.8 Å². The molecule has 0 spiro atoms. The quantitative estimate of drug-likeness (QED) is 0.410. The van der Waals surface area contributed by atoms with E-state index in [9.17, 15) is 0 Å². The molecule has 0 aromatic heterocycles. The second-order valence-electron chi connectivity index (χ2n) is 8.23. The zero-order valence-corrected chi connectivity index (χ0v) is 18.5. The molecule has 1 saturated carbocycles. The van der Waals surface area contributed by atoms with E-state index in [1.54, 1.807) is 0 Å². The monoisotopic (exact) mass is 418 g/mol. The molecule has 1 aliphatic carbocycles. The predicted molar refractivity (Wildman–Crippen MR) is 127 cm³/mol. The molecule has 0 aliphatic heterocycles. The summed E-state index contributed by atoms with van der Waals surface area (Å²) < 4.78 is 6.20. The Labute approximate surface area is 185 Å². The number of hydrogen-bond donors (Lipinski definition) is 0. The molecule has 1 unspecified atom stereocenters. The minimum Gasteiger partial charge on any atom is -0.489 e. The molecule has 30 heavy (non-hydrogen) atoms. The highest BCUT2D eigenvalue weighted by Crippen LogP contribution is 2.33. The van der Waals surface area contributed by atoms with Crippen molar-refractivity contribution in [2.45, 2.75) is 38.2 Å². The van der Waals surface area contributed by atoms with E-state index in [2.05, 4.69) is 80.0 Å². The third-order valence-electron chi connectivity index (χ3n) is 5.88. The van der Waals surface area contributed by atoms with Crippen LogP contribution >= 0.6 is 11.6 Å². The summed E-state index contributed by atoms with van der Waals surface area (Å²) in [6.07, 6.45) is 7.62. The van der Waals surface area contributed by atoms with Crippen molar-refractivity contribution in [1.82, 2.24) is 0 Å². The lowest BCUT2D eigenvalue weighted by Crippen LogP contribution is -2.09. The Bertz CT molecular complexity index is 957. The van der Waals surface area contributed by atoms with Crippen LogP contribution < -0.4 is 9.64 Å². The summed E-state index contributed by atoms with van der Waals surface area (Å²) in [5.41, 5.74) is 6.04. The van der Waals surface area contributed by atoms with E-state index in [1.807, 2.05) is 12.1 Å². The Balaban J connectivity index is 1.52. The van der Waals surface area contributed by atoms with E-state index < -0.39 is 0 Å². The summed E-state index contributed by atoms with van der Waals surface area (Å²) in [5, 5.41) is 0.747. The van der Waals surface area contributed by atoms with Crippen molar-refractivity contribution in [2.24, 2.45) is 0 Å². The Hall–Kier alpha value is -2.45. The summed E-state index contributed by atoms with van der Waals surface area (Å²) in [6.45, 7) is 0.522. The summed E-state index contributed by atoms with van der Waals surface area (Å²) in [4.78, 5) is 2.12. The Morgan fingerprint density at radius 2 is 1.70 bits per heavy atom. The van der Waals surface area contributed by atoms with E-state index in [0.717, 1.165) is 27.6 Å². The van der Waals surface area contributed by atoms with Crippen molar-refractivity contribution in [1.29, 1.82) is 0 Å². The first-order chi connectivity index (χ1) is 14.6. The fourth-order valence-electron chi connectivity index (χ4n) is 4.11. The number of anilines is 1. The second-order valence-corrected chi connectivity index (χ2v) is 8.66. The summed E-state index contributed by atoms with van der Waals surface area (Å²) in [5.74, 6) is 1.51. The maximum Gasteiger partial charge on any atom is 0.119 e. The molecule has 3 aromatic carbocycles. The van der Waals surface area contributed by atoms with Gasteiger partial charge in [0.2, 0.25) is 0 Å². The van der Waals surface area contributed by atoms with Gasteiger partial charge in [-0.05, 0) is 83.8 Å². The Morgan fingerprint density at radius 1 is 0.933 bits per heavy atom. The van der Waals surface area contributed by atoms with Crippen molar-refractivity contribution in [3.8, 4) is 16.9 Å². The van der Waals surface area contributed by atoms with Gasteiger partial charge in [-0.3, -0.25) is 0 Å². The van der Waals surface area contributed by atoms with Crippen LogP contribution in [0.1, 0.15) is 42.7 Å². The number of benzene rings is 3. The van der Waals surface area contributed by atoms with Crippen molar-refractivity contribution in [3.63, 3.8) is 0 Å². The smallest absolute Gasteiger partial charge is 0.119 e. The molecule has 1 radical (unpaired) electrons. The number of hydrogen-bond acceptors (Lipinski definition) is 2. The summed E-state index contributed by atoms with van der Waals surface area (Å²) >= 11 is 6.08. The summed E-state index contributed by atoms with van der Waals surface area (Å²) in [6, 6.07) is 23.2. The lowest BCUT2D eigenvalue weighted by molar-refractivity contribution is 0.306. The minimum absolute atomic E-state index is 0.522. The Kier molecular flexibility index (Phi) is 6.64. The topological polar surface area (TPSA) is 12.5 Å². The van der Waals surface area contributed by atoms with Crippen LogP contribution in [0.5, 0.6) is 5.75 Å². The zero-order valence-electron chi connectivity index (χ0n) is 17.8. The molecule has 2 nitrogen and oxygen atoms in total. The third kappa shape index (κ3) is 4.99. The standard InChI is InChI=1S/C27H29ClNO/c1-29(2)25-14-17-27(22-8-12-24(28)13-9-22)23(18-25)19-30-26-15-10-21(11-16-26)20-6-4-3-5-7-20/h6,8-18,20H,3-5,7,19H2,1-2H3. The molecule has 155 valence electrons. The van der Waals surface area contributed by atoms with Crippen LogP contribution in [-0.4, -0.2) is 14.1 Å².